The van der Waals surface area contributed by atoms with Crippen LogP contribution in [-0.4, -0.2) is 28.8 Å². The molecule has 1 aromatic carbocycles. The standard InChI is InChI=1S/C14H17NO4/c1-8(2)12(14(18)19)15-13(17)11-6-4-10(5-7-11)9(3)16/h4-8,12H,1-3H3,(H,15,17)(H,18,19)/t12-/m1/s1. The Morgan fingerprint density at radius 1 is 1.05 bits per heavy atom. The fourth-order valence-electron chi connectivity index (χ4n) is 1.59. The Morgan fingerprint density at radius 3 is 1.89 bits per heavy atom. The topological polar surface area (TPSA) is 83.5 Å². The molecule has 19 heavy (non-hydrogen) atoms. The van der Waals surface area contributed by atoms with E-state index in [0.29, 0.717) is 11.1 Å². The summed E-state index contributed by atoms with van der Waals surface area (Å²) in [6, 6.07) is 5.17. The maximum atomic E-state index is 11.9. The summed E-state index contributed by atoms with van der Waals surface area (Å²) in [5.74, 6) is -1.82. The maximum Gasteiger partial charge on any atom is 0.326 e. The fourth-order valence-corrected chi connectivity index (χ4v) is 1.59. The fraction of sp³-hybridized carbons (Fsp3) is 0.357. The van der Waals surface area contributed by atoms with Crippen molar-refractivity contribution in [1.82, 2.24) is 5.32 Å². The highest BCUT2D eigenvalue weighted by Gasteiger charge is 2.23. The van der Waals surface area contributed by atoms with E-state index in [4.69, 9.17) is 5.11 Å². The Labute approximate surface area is 111 Å². The zero-order chi connectivity index (χ0) is 14.6. The van der Waals surface area contributed by atoms with Gasteiger partial charge in [0.1, 0.15) is 6.04 Å². The summed E-state index contributed by atoms with van der Waals surface area (Å²) in [6.45, 7) is 4.88. The molecule has 0 aliphatic rings. The second kappa shape index (κ2) is 6.13. The van der Waals surface area contributed by atoms with Crippen LogP contribution in [0.2, 0.25) is 0 Å². The van der Waals surface area contributed by atoms with Gasteiger partial charge >= 0.3 is 5.97 Å². The van der Waals surface area contributed by atoms with E-state index in [0.717, 1.165) is 0 Å². The van der Waals surface area contributed by atoms with E-state index in [1.54, 1.807) is 26.0 Å². The normalized spacial score (nSPS) is 12.0. The predicted molar refractivity (Wildman–Crippen MR) is 70.2 cm³/mol. The number of amides is 1. The predicted octanol–water partition coefficient (Wildman–Crippen LogP) is 1.73. The SMILES string of the molecule is CC(=O)c1ccc(C(=O)N[C@@H](C(=O)O)C(C)C)cc1. The van der Waals surface area contributed by atoms with Gasteiger partial charge in [0, 0.05) is 11.1 Å². The number of hydrogen-bond donors (Lipinski definition) is 2. The third-order valence-electron chi connectivity index (χ3n) is 2.77. The molecule has 0 aliphatic heterocycles. The number of hydrogen-bond acceptors (Lipinski definition) is 3. The largest absolute Gasteiger partial charge is 0.480 e. The summed E-state index contributed by atoms with van der Waals surface area (Å²) in [7, 11) is 0. The molecule has 0 radical (unpaired) electrons. The summed E-state index contributed by atoms with van der Waals surface area (Å²) < 4.78 is 0. The van der Waals surface area contributed by atoms with Crippen molar-refractivity contribution in [3.05, 3.63) is 35.4 Å². The van der Waals surface area contributed by atoms with Crippen molar-refractivity contribution in [3.63, 3.8) is 0 Å². The molecule has 5 nitrogen and oxygen atoms in total. The Hall–Kier alpha value is -2.17. The smallest absolute Gasteiger partial charge is 0.326 e. The van der Waals surface area contributed by atoms with Crippen molar-refractivity contribution in [1.29, 1.82) is 0 Å². The molecule has 0 unspecified atom stereocenters. The monoisotopic (exact) mass is 263 g/mol. The van der Waals surface area contributed by atoms with Crippen molar-refractivity contribution in [2.75, 3.05) is 0 Å². The second-order valence-electron chi connectivity index (χ2n) is 4.67. The van der Waals surface area contributed by atoms with Gasteiger partial charge in [-0.05, 0) is 25.0 Å². The number of aliphatic carboxylic acids is 1. The number of benzene rings is 1. The zero-order valence-corrected chi connectivity index (χ0v) is 11.1. The molecule has 0 aliphatic carbocycles. The first-order valence-electron chi connectivity index (χ1n) is 5.97. The highest BCUT2D eigenvalue weighted by molar-refractivity contribution is 5.99. The quantitative estimate of drug-likeness (QED) is 0.792. The van der Waals surface area contributed by atoms with Gasteiger partial charge in [-0.3, -0.25) is 9.59 Å². The van der Waals surface area contributed by atoms with E-state index < -0.39 is 17.9 Å². The summed E-state index contributed by atoms with van der Waals surface area (Å²) in [5, 5.41) is 11.5. The van der Waals surface area contributed by atoms with Gasteiger partial charge in [0.2, 0.25) is 0 Å². The van der Waals surface area contributed by atoms with E-state index in [2.05, 4.69) is 5.32 Å². The molecule has 1 amide bonds. The first-order valence-corrected chi connectivity index (χ1v) is 5.97. The van der Waals surface area contributed by atoms with Crippen LogP contribution in [0.15, 0.2) is 24.3 Å². The summed E-state index contributed by atoms with van der Waals surface area (Å²) >= 11 is 0. The molecule has 2 N–H and O–H groups in total. The van der Waals surface area contributed by atoms with Gasteiger partial charge in [0.25, 0.3) is 5.91 Å². The number of carboxylic acid groups (broad SMARTS) is 1. The minimum absolute atomic E-state index is 0.0856. The third-order valence-corrected chi connectivity index (χ3v) is 2.77. The van der Waals surface area contributed by atoms with Crippen LogP contribution >= 0.6 is 0 Å². The number of rotatable bonds is 5. The molecule has 0 saturated heterocycles. The lowest BCUT2D eigenvalue weighted by Gasteiger charge is -2.17. The van der Waals surface area contributed by atoms with Crippen LogP contribution < -0.4 is 5.32 Å². The molecule has 0 saturated carbocycles. The van der Waals surface area contributed by atoms with Crippen LogP contribution in [0.25, 0.3) is 0 Å². The Bertz CT molecular complexity index is 491. The molecule has 1 atom stereocenters. The van der Waals surface area contributed by atoms with Gasteiger partial charge in [0.05, 0.1) is 0 Å². The molecule has 5 heteroatoms. The minimum atomic E-state index is -1.07. The summed E-state index contributed by atoms with van der Waals surface area (Å²) in [4.78, 5) is 34.0. The molecule has 0 fully saturated rings. The molecular weight excluding hydrogens is 246 g/mol. The van der Waals surface area contributed by atoms with Crippen molar-refractivity contribution < 1.29 is 19.5 Å². The molecule has 0 aromatic heterocycles. The van der Waals surface area contributed by atoms with Gasteiger partial charge in [0.15, 0.2) is 5.78 Å². The molecule has 102 valence electrons. The Balaban J connectivity index is 2.83. The zero-order valence-electron chi connectivity index (χ0n) is 11.1. The number of nitrogens with one attached hydrogen (secondary N) is 1. The van der Waals surface area contributed by atoms with Gasteiger partial charge in [-0.15, -0.1) is 0 Å². The number of Topliss-reactive ketones (excluding diaryl/α,β-unsaturated/α-hetero) is 1. The third kappa shape index (κ3) is 3.91. The van der Waals surface area contributed by atoms with Gasteiger partial charge in [-0.1, -0.05) is 26.0 Å². The van der Waals surface area contributed by atoms with Crippen molar-refractivity contribution >= 4 is 17.7 Å². The van der Waals surface area contributed by atoms with Crippen LogP contribution in [0.5, 0.6) is 0 Å². The lowest BCUT2D eigenvalue weighted by molar-refractivity contribution is -0.140. The van der Waals surface area contributed by atoms with E-state index in [1.165, 1.54) is 19.1 Å². The first-order chi connectivity index (χ1) is 8.82. The summed E-state index contributed by atoms with van der Waals surface area (Å²) in [6.07, 6.45) is 0. The van der Waals surface area contributed by atoms with E-state index >= 15 is 0 Å². The van der Waals surface area contributed by atoms with E-state index in [1.807, 2.05) is 0 Å². The molecule has 1 rings (SSSR count). The number of carbonyl (C=O) groups is 3. The van der Waals surface area contributed by atoms with Crippen LogP contribution in [0.3, 0.4) is 0 Å². The van der Waals surface area contributed by atoms with Crippen LogP contribution in [0, 0.1) is 5.92 Å². The minimum Gasteiger partial charge on any atom is -0.480 e. The van der Waals surface area contributed by atoms with Crippen LogP contribution in [0.1, 0.15) is 41.5 Å². The highest BCUT2D eigenvalue weighted by Crippen LogP contribution is 2.07. The summed E-state index contributed by atoms with van der Waals surface area (Å²) in [5.41, 5.74) is 0.840. The van der Waals surface area contributed by atoms with Crippen molar-refractivity contribution in [2.45, 2.75) is 26.8 Å². The molecule has 0 bridgehead atoms. The van der Waals surface area contributed by atoms with E-state index in [9.17, 15) is 14.4 Å². The average molecular weight is 263 g/mol. The van der Waals surface area contributed by atoms with Crippen LogP contribution in [0.4, 0.5) is 0 Å². The molecule has 0 heterocycles. The maximum absolute atomic E-state index is 11.9. The Kier molecular flexibility index (Phi) is 4.80. The lowest BCUT2D eigenvalue weighted by Crippen LogP contribution is -2.44. The Morgan fingerprint density at radius 2 is 1.53 bits per heavy atom. The lowest BCUT2D eigenvalue weighted by atomic mass is 10.0. The molecule has 0 spiro atoms. The van der Waals surface area contributed by atoms with Gasteiger partial charge in [-0.25, -0.2) is 4.79 Å². The van der Waals surface area contributed by atoms with Crippen molar-refractivity contribution in [2.24, 2.45) is 5.92 Å². The number of carboxylic acids is 1. The van der Waals surface area contributed by atoms with Gasteiger partial charge in [-0.2, -0.15) is 0 Å². The number of carbonyl (C=O) groups excluding carboxylic acids is 2. The molecular formula is C14H17NO4. The molecule has 1 aromatic rings. The highest BCUT2D eigenvalue weighted by atomic mass is 16.4. The van der Waals surface area contributed by atoms with Crippen LogP contribution in [-0.2, 0) is 4.79 Å². The van der Waals surface area contributed by atoms with Crippen molar-refractivity contribution in [3.8, 4) is 0 Å². The van der Waals surface area contributed by atoms with E-state index in [-0.39, 0.29) is 11.7 Å². The van der Waals surface area contributed by atoms with Gasteiger partial charge < -0.3 is 10.4 Å². The average Bonchev–Trinajstić information content (AvgIpc) is 2.34. The second-order valence-corrected chi connectivity index (χ2v) is 4.67. The first kappa shape index (κ1) is 14.9. The number of ketones is 1.